The molecule has 4 aromatic heterocycles. The number of pyridine rings is 1. The van der Waals surface area contributed by atoms with Gasteiger partial charge in [-0.05, 0) is 24.6 Å². The highest BCUT2D eigenvalue weighted by Gasteiger charge is 2.26. The van der Waals surface area contributed by atoms with E-state index in [2.05, 4.69) is 35.6 Å². The summed E-state index contributed by atoms with van der Waals surface area (Å²) in [6.45, 7) is 0.694. The first-order chi connectivity index (χ1) is 15.9. The summed E-state index contributed by atoms with van der Waals surface area (Å²) in [5, 5.41) is 25.0. The maximum atomic E-state index is 10.6. The minimum atomic E-state index is -0.722. The lowest BCUT2D eigenvalue weighted by atomic mass is 10.2. The van der Waals surface area contributed by atoms with Crippen LogP contribution in [0.15, 0.2) is 42.2 Å². The van der Waals surface area contributed by atoms with Crippen LogP contribution in [0.1, 0.15) is 6.42 Å². The third-order valence-corrected chi connectivity index (χ3v) is 5.92. The van der Waals surface area contributed by atoms with Crippen molar-refractivity contribution in [3.8, 4) is 22.1 Å². The Bertz CT molecular complexity index is 1240. The van der Waals surface area contributed by atoms with Crippen molar-refractivity contribution in [2.24, 2.45) is 7.05 Å². The van der Waals surface area contributed by atoms with E-state index in [1.165, 1.54) is 16.2 Å². The molecule has 1 atom stereocenters. The third-order valence-electron chi connectivity index (χ3n) is 4.76. The van der Waals surface area contributed by atoms with Crippen molar-refractivity contribution >= 4 is 40.5 Å². The van der Waals surface area contributed by atoms with E-state index >= 15 is 0 Å². The second-order valence-corrected chi connectivity index (χ2v) is 8.27. The van der Waals surface area contributed by atoms with Crippen LogP contribution in [-0.2, 0) is 11.8 Å². The predicted molar refractivity (Wildman–Crippen MR) is 124 cm³/mol. The summed E-state index contributed by atoms with van der Waals surface area (Å²) in [6, 6.07) is 7.47. The van der Waals surface area contributed by atoms with Crippen LogP contribution < -0.4 is 5.32 Å². The van der Waals surface area contributed by atoms with Gasteiger partial charge in [0.1, 0.15) is 22.5 Å². The van der Waals surface area contributed by atoms with Gasteiger partial charge in [0, 0.05) is 26.8 Å². The number of likely N-dealkylation sites (tertiary alicyclic amines) is 1. The number of aliphatic hydroxyl groups is 1. The lowest BCUT2D eigenvalue weighted by Crippen LogP contribution is -2.24. The topological polar surface area (TPSA) is 135 Å². The average molecular weight is 486 g/mol. The molecule has 13 heteroatoms. The van der Waals surface area contributed by atoms with E-state index in [4.69, 9.17) is 16.7 Å². The van der Waals surface area contributed by atoms with Crippen LogP contribution in [0.4, 0.5) is 11.6 Å². The molecule has 5 rings (SSSR count). The molecule has 0 saturated carbocycles. The zero-order valence-corrected chi connectivity index (χ0v) is 19.3. The predicted octanol–water partition coefficient (Wildman–Crippen LogP) is 2.40. The van der Waals surface area contributed by atoms with Gasteiger partial charge in [0.05, 0.1) is 23.3 Å². The van der Waals surface area contributed by atoms with Crippen LogP contribution >= 0.6 is 22.9 Å². The van der Waals surface area contributed by atoms with E-state index in [9.17, 15) is 4.79 Å². The lowest BCUT2D eigenvalue weighted by Gasteiger charge is -2.06. The largest absolute Gasteiger partial charge is 0.383 e. The van der Waals surface area contributed by atoms with E-state index in [0.29, 0.717) is 35.4 Å². The molecule has 0 spiro atoms. The number of carbonyl (C=O) groups is 1. The van der Waals surface area contributed by atoms with Gasteiger partial charge >= 0.3 is 0 Å². The number of hydrogen-bond acceptors (Lipinski definition) is 10. The molecule has 1 amide bonds. The Morgan fingerprint density at radius 1 is 1.18 bits per heavy atom. The number of rotatable bonds is 4. The fraction of sp³-hybridized carbons (Fsp3) is 0.250. The van der Waals surface area contributed by atoms with Crippen molar-refractivity contribution < 1.29 is 9.90 Å². The molecular formula is C20H20ClN9O2S. The van der Waals surface area contributed by atoms with Gasteiger partial charge in [0.15, 0.2) is 5.01 Å². The Morgan fingerprint density at radius 2 is 1.97 bits per heavy atom. The standard InChI is InChI=1S/C15H11ClN8S.C5H9NO2/c1-24-13(16)12(7-19-24)22-15-17-6-5-10(21-15)9-3-2-4-11(20-9)14-23-18-8-25-14;1-6-3-2-4(7)5(6)8/h2-8H,1H3,(H,17,21,22);4,7H,2-3H2,1H3. The Balaban J connectivity index is 0.000000275. The number of aromatic nitrogens is 7. The van der Waals surface area contributed by atoms with Crippen molar-refractivity contribution in [1.29, 1.82) is 0 Å². The quantitative estimate of drug-likeness (QED) is 0.446. The minimum absolute atomic E-state index is 0.148. The SMILES string of the molecule is CN1CCC(O)C1=O.Cn1ncc(Nc2nccc(-c3cccc(-c4nncs4)n3)n2)c1Cl. The van der Waals surface area contributed by atoms with Crippen LogP contribution in [0.3, 0.4) is 0 Å². The van der Waals surface area contributed by atoms with Gasteiger partial charge in [-0.1, -0.05) is 29.0 Å². The molecule has 33 heavy (non-hydrogen) atoms. The van der Waals surface area contributed by atoms with Crippen molar-refractivity contribution in [2.75, 3.05) is 18.9 Å². The zero-order chi connectivity index (χ0) is 23.4. The van der Waals surface area contributed by atoms with Gasteiger partial charge in [0.2, 0.25) is 5.95 Å². The fourth-order valence-electron chi connectivity index (χ4n) is 2.97. The highest BCUT2D eigenvalue weighted by Crippen LogP contribution is 2.25. The Labute approximate surface area is 198 Å². The molecule has 1 fully saturated rings. The van der Waals surface area contributed by atoms with E-state index < -0.39 is 6.10 Å². The maximum Gasteiger partial charge on any atom is 0.251 e. The molecule has 2 N–H and O–H groups in total. The molecule has 5 heterocycles. The molecule has 0 aromatic carbocycles. The van der Waals surface area contributed by atoms with Crippen LogP contribution in [-0.4, -0.2) is 70.5 Å². The van der Waals surface area contributed by atoms with Gasteiger partial charge in [-0.3, -0.25) is 9.48 Å². The van der Waals surface area contributed by atoms with E-state index in [1.54, 1.807) is 42.7 Å². The van der Waals surface area contributed by atoms with E-state index in [0.717, 1.165) is 16.4 Å². The zero-order valence-electron chi connectivity index (χ0n) is 17.8. The maximum absolute atomic E-state index is 10.6. The van der Waals surface area contributed by atoms with E-state index in [1.807, 2.05) is 18.2 Å². The highest BCUT2D eigenvalue weighted by molar-refractivity contribution is 7.12. The summed E-state index contributed by atoms with van der Waals surface area (Å²) in [5.41, 5.74) is 4.47. The van der Waals surface area contributed by atoms with Crippen LogP contribution in [0.2, 0.25) is 5.15 Å². The monoisotopic (exact) mass is 485 g/mol. The van der Waals surface area contributed by atoms with Gasteiger partial charge in [-0.25, -0.2) is 15.0 Å². The normalized spacial score (nSPS) is 15.3. The first kappa shape index (κ1) is 22.7. The summed E-state index contributed by atoms with van der Waals surface area (Å²) < 4.78 is 1.56. The van der Waals surface area contributed by atoms with Crippen LogP contribution in [0.25, 0.3) is 22.1 Å². The number of aliphatic hydroxyl groups excluding tert-OH is 1. The molecule has 11 nitrogen and oxygen atoms in total. The third kappa shape index (κ3) is 5.30. The van der Waals surface area contributed by atoms with Crippen LogP contribution in [0.5, 0.6) is 0 Å². The number of amides is 1. The van der Waals surface area contributed by atoms with Crippen molar-refractivity contribution in [2.45, 2.75) is 12.5 Å². The van der Waals surface area contributed by atoms with Gasteiger partial charge in [-0.2, -0.15) is 5.10 Å². The molecule has 1 saturated heterocycles. The number of likely N-dealkylation sites (N-methyl/N-ethyl adjacent to an activating group) is 1. The summed E-state index contributed by atoms with van der Waals surface area (Å²) in [4.78, 5) is 25.4. The number of carbonyl (C=O) groups excluding carboxylic acids is 1. The Kier molecular flexibility index (Phi) is 6.87. The average Bonchev–Trinajstić information content (AvgIpc) is 3.55. The van der Waals surface area contributed by atoms with Crippen molar-refractivity contribution in [3.05, 3.63) is 47.3 Å². The molecular weight excluding hydrogens is 466 g/mol. The number of nitrogens with one attached hydrogen (secondary N) is 1. The molecule has 1 aliphatic heterocycles. The number of aryl methyl sites for hydroxylation is 1. The van der Waals surface area contributed by atoms with Gasteiger partial charge in [-0.15, -0.1) is 10.2 Å². The number of hydrogen-bond donors (Lipinski definition) is 2. The molecule has 0 aliphatic carbocycles. The van der Waals surface area contributed by atoms with Gasteiger partial charge < -0.3 is 15.3 Å². The first-order valence-corrected chi connectivity index (χ1v) is 11.1. The second kappa shape index (κ2) is 9.98. The second-order valence-electron chi connectivity index (χ2n) is 7.08. The summed E-state index contributed by atoms with van der Waals surface area (Å²) in [6.07, 6.45) is 3.15. The van der Waals surface area contributed by atoms with Crippen LogP contribution in [0, 0.1) is 0 Å². The number of anilines is 2. The van der Waals surface area contributed by atoms with Gasteiger partial charge in [0.25, 0.3) is 5.91 Å². The summed E-state index contributed by atoms with van der Waals surface area (Å²) in [7, 11) is 3.45. The molecule has 1 aliphatic rings. The Morgan fingerprint density at radius 3 is 2.58 bits per heavy atom. The summed E-state index contributed by atoms with van der Waals surface area (Å²) >= 11 is 7.59. The minimum Gasteiger partial charge on any atom is -0.383 e. The molecule has 1 unspecified atom stereocenters. The fourth-order valence-corrected chi connectivity index (χ4v) is 3.64. The molecule has 170 valence electrons. The van der Waals surface area contributed by atoms with Crippen molar-refractivity contribution in [3.63, 3.8) is 0 Å². The molecule has 0 bridgehead atoms. The van der Waals surface area contributed by atoms with E-state index in [-0.39, 0.29) is 5.91 Å². The molecule has 0 radical (unpaired) electrons. The number of halogens is 1. The smallest absolute Gasteiger partial charge is 0.251 e. The highest BCUT2D eigenvalue weighted by atomic mass is 35.5. The lowest BCUT2D eigenvalue weighted by molar-refractivity contribution is -0.133. The first-order valence-electron chi connectivity index (χ1n) is 9.87. The Hall–Kier alpha value is -3.48. The number of nitrogens with zero attached hydrogens (tertiary/aromatic N) is 8. The summed E-state index contributed by atoms with van der Waals surface area (Å²) in [5.74, 6) is 0.264. The molecule has 4 aromatic rings. The van der Waals surface area contributed by atoms with Crippen molar-refractivity contribution in [1.82, 2.24) is 39.8 Å².